The fraction of sp³-hybridized carbons (Fsp3) is 0.556. The maximum atomic E-state index is 14.8. The van der Waals surface area contributed by atoms with Crippen LogP contribution in [0.2, 0.25) is 0 Å². The van der Waals surface area contributed by atoms with Gasteiger partial charge in [0, 0.05) is 22.9 Å². The average molecular weight is 1040 g/mol. The third-order valence-electron chi connectivity index (χ3n) is 13.9. The second-order valence-corrected chi connectivity index (χ2v) is 22.3. The van der Waals surface area contributed by atoms with Crippen LogP contribution < -0.4 is 10.6 Å². The summed E-state index contributed by atoms with van der Waals surface area (Å²) in [6.45, 7) is 1.51. The van der Waals surface area contributed by atoms with Crippen LogP contribution in [0.1, 0.15) is 149 Å². The molecular formula is C54H69F8N2O3PS2. The van der Waals surface area contributed by atoms with E-state index in [-0.39, 0.29) is 58.6 Å². The van der Waals surface area contributed by atoms with E-state index < -0.39 is 31.7 Å². The highest BCUT2D eigenvalue weighted by molar-refractivity contribution is 7.99. The first-order chi connectivity index (χ1) is 33.7. The van der Waals surface area contributed by atoms with Gasteiger partial charge in [-0.1, -0.05) is 99.9 Å². The Hall–Kier alpha value is -2.91. The molecule has 0 aliphatic heterocycles. The van der Waals surface area contributed by atoms with E-state index in [0.29, 0.717) is 48.6 Å². The summed E-state index contributed by atoms with van der Waals surface area (Å²) in [4.78, 5) is 0.383. The van der Waals surface area contributed by atoms with Crippen LogP contribution in [0.15, 0.2) is 94.7 Å². The Labute approximate surface area is 418 Å². The lowest BCUT2D eigenvalue weighted by Gasteiger charge is -2.38. The number of hydrogen-bond acceptors (Lipinski definition) is 7. The molecule has 0 unspecified atom stereocenters. The van der Waals surface area contributed by atoms with Gasteiger partial charge in [0.25, 0.3) is 0 Å². The van der Waals surface area contributed by atoms with Crippen molar-refractivity contribution in [3.8, 4) is 0 Å². The van der Waals surface area contributed by atoms with E-state index in [9.17, 15) is 39.7 Å². The van der Waals surface area contributed by atoms with Gasteiger partial charge in [-0.3, -0.25) is 4.57 Å². The molecule has 2 aliphatic carbocycles. The smallest absolute Gasteiger partial charge is 0.313 e. The molecule has 2 fully saturated rings. The molecule has 2 aliphatic rings. The first kappa shape index (κ1) is 56.4. The van der Waals surface area contributed by atoms with Crippen LogP contribution in [0.3, 0.4) is 0 Å². The molecule has 16 heteroatoms. The molecule has 70 heavy (non-hydrogen) atoms. The minimum atomic E-state index is -4.51. The van der Waals surface area contributed by atoms with Crippen molar-refractivity contribution >= 4 is 31.8 Å². The van der Waals surface area contributed by atoms with E-state index in [1.165, 1.54) is 59.9 Å². The molecular weight excluding hydrogens is 972 g/mol. The maximum absolute atomic E-state index is 14.8. The minimum absolute atomic E-state index is 0.125. The third-order valence-corrected chi connectivity index (χ3v) is 17.1. The summed E-state index contributed by atoms with van der Waals surface area (Å²) in [5, 5.41) is 6.23. The lowest BCUT2D eigenvalue weighted by Crippen LogP contribution is -2.30. The van der Waals surface area contributed by atoms with Gasteiger partial charge in [0.1, 0.15) is 11.6 Å². The Bertz CT molecular complexity index is 2080. The number of halogens is 8. The molecule has 2 N–H and O–H groups in total. The summed E-state index contributed by atoms with van der Waals surface area (Å²) >= 11 is 2.41. The van der Waals surface area contributed by atoms with Crippen LogP contribution in [-0.2, 0) is 49.9 Å². The van der Waals surface area contributed by atoms with Crippen LogP contribution in [0, 0.1) is 11.6 Å². The highest BCUT2D eigenvalue weighted by atomic mass is 32.2. The van der Waals surface area contributed by atoms with E-state index in [0.717, 1.165) is 114 Å². The molecule has 0 spiro atoms. The van der Waals surface area contributed by atoms with Crippen molar-refractivity contribution in [3.05, 3.63) is 130 Å². The molecule has 5 nitrogen and oxygen atoms in total. The van der Waals surface area contributed by atoms with Crippen molar-refractivity contribution in [1.82, 2.24) is 10.6 Å². The van der Waals surface area contributed by atoms with Crippen molar-refractivity contribution in [1.29, 1.82) is 0 Å². The predicted molar refractivity (Wildman–Crippen MR) is 268 cm³/mol. The zero-order valence-electron chi connectivity index (χ0n) is 40.0. The second-order valence-electron chi connectivity index (χ2n) is 18.9. The molecule has 0 aromatic heterocycles. The second kappa shape index (κ2) is 28.0. The van der Waals surface area contributed by atoms with Crippen molar-refractivity contribution in [3.63, 3.8) is 0 Å². The van der Waals surface area contributed by atoms with Crippen molar-refractivity contribution in [2.75, 3.05) is 37.8 Å². The Morgan fingerprint density at radius 2 is 0.929 bits per heavy atom. The number of thioether (sulfide) groups is 2. The number of benzene rings is 4. The van der Waals surface area contributed by atoms with E-state index in [1.807, 2.05) is 24.3 Å². The molecule has 0 saturated heterocycles. The van der Waals surface area contributed by atoms with Gasteiger partial charge in [0.15, 0.2) is 0 Å². The lowest BCUT2D eigenvalue weighted by atomic mass is 9.66. The first-order valence-electron chi connectivity index (χ1n) is 25.1. The fourth-order valence-electron chi connectivity index (χ4n) is 10.3. The SMILES string of the molecule is O=[PH](OCCCNCc1ccc(SCCCCC2(c3ccccc3F)CCCCC2)c(C(F)(F)F)c1)OCCCNCc1ccc(SCCCCC2(c3ccccc3F)CCCCC2)c(C(F)(F)F)c1. The van der Waals surface area contributed by atoms with Gasteiger partial charge in [0.2, 0.25) is 0 Å². The van der Waals surface area contributed by atoms with Gasteiger partial charge >= 0.3 is 20.6 Å². The molecule has 0 radical (unpaired) electrons. The van der Waals surface area contributed by atoms with Crippen LogP contribution in [0.25, 0.3) is 0 Å². The Morgan fingerprint density at radius 3 is 1.31 bits per heavy atom. The maximum Gasteiger partial charge on any atom is 0.417 e. The Morgan fingerprint density at radius 1 is 0.529 bits per heavy atom. The summed E-state index contributed by atoms with van der Waals surface area (Å²) in [7, 11) is -2.78. The molecule has 2 saturated carbocycles. The Balaban J connectivity index is 0.822. The summed E-state index contributed by atoms with van der Waals surface area (Å²) in [5.41, 5.74) is 0.804. The summed E-state index contributed by atoms with van der Waals surface area (Å²) in [6, 6.07) is 22.8. The molecule has 4 aromatic rings. The quantitative estimate of drug-likeness (QED) is 0.0254. The molecule has 4 aromatic carbocycles. The van der Waals surface area contributed by atoms with Crippen molar-refractivity contribution in [2.45, 2.75) is 162 Å². The van der Waals surface area contributed by atoms with Gasteiger partial charge in [-0.05, 0) is 158 Å². The molecule has 0 heterocycles. The standard InChI is InChI=1S/C54H69F8N2O3PS2/c55-47-19-5-3-17-43(47)51(25-7-1-8-26-51)29-11-13-35-69-49-23-21-41(37-45(49)53(57,58)59)39-63-31-15-33-66-68(65)67-34-16-32-64-40-42-22-24-50(46(38-42)54(60,61)62)70-36-14-12-30-52(27-9-2-10-28-52)44-18-4-6-20-48(44)56/h3-6,17-24,37-38,63-64,68H,1-2,7-16,25-36,39-40H2. The third kappa shape index (κ3) is 17.1. The highest BCUT2D eigenvalue weighted by Crippen LogP contribution is 2.47. The summed E-state index contributed by atoms with van der Waals surface area (Å²) < 4.78 is 137. The molecule has 6 rings (SSSR count). The zero-order chi connectivity index (χ0) is 49.9. The highest BCUT2D eigenvalue weighted by Gasteiger charge is 2.38. The number of alkyl halides is 6. The first-order valence-corrected chi connectivity index (χ1v) is 28.3. The van der Waals surface area contributed by atoms with Crippen LogP contribution in [0.5, 0.6) is 0 Å². The topological polar surface area (TPSA) is 59.6 Å². The van der Waals surface area contributed by atoms with Crippen molar-refractivity contribution in [2.24, 2.45) is 0 Å². The molecule has 0 bridgehead atoms. The van der Waals surface area contributed by atoms with Gasteiger partial charge in [-0.15, -0.1) is 23.5 Å². The zero-order valence-corrected chi connectivity index (χ0v) is 42.7. The fourth-order valence-corrected chi connectivity index (χ4v) is 13.2. The Kier molecular flexibility index (Phi) is 22.5. The van der Waals surface area contributed by atoms with Crippen LogP contribution in [0.4, 0.5) is 35.1 Å². The van der Waals surface area contributed by atoms with Gasteiger partial charge < -0.3 is 19.7 Å². The minimum Gasteiger partial charge on any atom is -0.313 e. The van der Waals surface area contributed by atoms with Gasteiger partial charge in [-0.2, -0.15) is 26.3 Å². The van der Waals surface area contributed by atoms with Crippen LogP contribution in [-0.4, -0.2) is 37.8 Å². The van der Waals surface area contributed by atoms with Gasteiger partial charge in [-0.25, -0.2) is 8.78 Å². The normalized spacial score (nSPS) is 16.2. The van der Waals surface area contributed by atoms with Crippen LogP contribution >= 0.6 is 31.8 Å². The summed E-state index contributed by atoms with van der Waals surface area (Å²) in [5.74, 6) is 0.722. The van der Waals surface area contributed by atoms with E-state index >= 15 is 0 Å². The van der Waals surface area contributed by atoms with E-state index in [4.69, 9.17) is 9.05 Å². The summed E-state index contributed by atoms with van der Waals surface area (Å²) in [6.07, 6.45) is 6.87. The molecule has 0 atom stereocenters. The number of rotatable bonds is 28. The predicted octanol–water partition coefficient (Wildman–Crippen LogP) is 16.4. The average Bonchev–Trinajstić information content (AvgIpc) is 3.34. The lowest BCUT2D eigenvalue weighted by molar-refractivity contribution is -0.140. The van der Waals surface area contributed by atoms with Crippen molar-refractivity contribution < 1.29 is 48.7 Å². The van der Waals surface area contributed by atoms with E-state index in [2.05, 4.69) is 10.6 Å². The van der Waals surface area contributed by atoms with Gasteiger partial charge in [0.05, 0.1) is 24.3 Å². The number of unbranched alkanes of at least 4 members (excludes halogenated alkanes) is 2. The monoisotopic (exact) mass is 1040 g/mol. The van der Waals surface area contributed by atoms with E-state index in [1.54, 1.807) is 24.3 Å². The largest absolute Gasteiger partial charge is 0.417 e. The molecule has 386 valence electrons. The molecule has 0 amide bonds. The number of hydrogen-bond donors (Lipinski definition) is 2. The number of nitrogens with one attached hydrogen (secondary N) is 2.